The summed E-state index contributed by atoms with van der Waals surface area (Å²) in [5, 5.41) is 26.1. The van der Waals surface area contributed by atoms with Crippen LogP contribution in [0.3, 0.4) is 0 Å². The summed E-state index contributed by atoms with van der Waals surface area (Å²) in [4.78, 5) is 9.67. The number of rotatable bonds is 10. The number of benzene rings is 4. The molecule has 0 spiro atoms. The Kier molecular flexibility index (Phi) is 17.3. The molecule has 0 bridgehead atoms. The molecule has 2 N–H and O–H groups in total. The monoisotopic (exact) mass is 912 g/mol. The van der Waals surface area contributed by atoms with Gasteiger partial charge in [0.1, 0.15) is 11.6 Å². The van der Waals surface area contributed by atoms with Gasteiger partial charge in [0.2, 0.25) is 0 Å². The van der Waals surface area contributed by atoms with Gasteiger partial charge in [0.05, 0.1) is 11.2 Å². The Morgan fingerprint density at radius 2 is 1.05 bits per heavy atom. The van der Waals surface area contributed by atoms with E-state index in [2.05, 4.69) is 45.8 Å². The van der Waals surface area contributed by atoms with E-state index in [4.69, 9.17) is 23.2 Å². The summed E-state index contributed by atoms with van der Waals surface area (Å²) in [6.07, 6.45) is 12.9. The number of halogens is 4. The largest absolute Gasteiger partial charge is 0.385 e. The highest BCUT2D eigenvalue weighted by Crippen LogP contribution is 2.43. The molecule has 2 aliphatic carbocycles. The second kappa shape index (κ2) is 22.8. The van der Waals surface area contributed by atoms with Crippen LogP contribution in [0, 0.1) is 23.5 Å². The van der Waals surface area contributed by atoms with E-state index in [0.29, 0.717) is 28.5 Å². The number of piperazine rings is 2. The van der Waals surface area contributed by atoms with Crippen LogP contribution in [0.15, 0.2) is 108 Å². The van der Waals surface area contributed by atoms with Crippen molar-refractivity contribution in [3.8, 4) is 0 Å². The molecule has 2 aliphatic heterocycles. The van der Waals surface area contributed by atoms with Crippen LogP contribution in [0.4, 0.5) is 8.78 Å². The zero-order valence-corrected chi connectivity index (χ0v) is 39.4. The van der Waals surface area contributed by atoms with Gasteiger partial charge in [0, 0.05) is 100 Å². The van der Waals surface area contributed by atoms with E-state index < -0.39 is 11.2 Å². The van der Waals surface area contributed by atoms with Gasteiger partial charge < -0.3 is 29.8 Å². The number of hydrogen-bond acceptors (Lipinski definition) is 6. The Balaban J connectivity index is 0.000000191. The Labute approximate surface area is 391 Å². The highest BCUT2D eigenvalue weighted by Gasteiger charge is 2.44. The van der Waals surface area contributed by atoms with E-state index in [9.17, 15) is 19.0 Å². The van der Waals surface area contributed by atoms with Crippen LogP contribution < -0.4 is 0 Å². The molecular weight excluding hydrogens is 846 g/mol. The predicted molar refractivity (Wildman–Crippen MR) is 261 cm³/mol. The molecule has 4 aliphatic rings. The minimum absolute atomic E-state index is 0.0616. The van der Waals surface area contributed by atoms with E-state index in [1.165, 1.54) is 12.1 Å². The smallest absolute Gasteiger partial charge is 0.126 e. The standard InChI is InChI=1S/2C27H34ClFN2O/c1-30-14-16-31(17-15-30)20-24-8-4-3-7-23(18-21-10-12-25(28)13-11-21)27(24,32)19-22-6-2-5-9-26(22)29;1-30-13-15-31(16-14-30)20-24-7-3-2-6-23(17-21-9-11-25(28)12-10-21)27(24,32)19-22-5-4-8-26(29)18-22/h2,5-6,9-13,18,24,32H,3-4,7-8,14-17,19-20H2,1H3;4-5,8-12,17-18,24,32H,2-3,6-7,13-16,19-20H2,1H3. The maximum Gasteiger partial charge on any atom is 0.126 e. The van der Waals surface area contributed by atoms with Crippen molar-refractivity contribution < 1.29 is 19.0 Å². The highest BCUT2D eigenvalue weighted by atomic mass is 35.5. The zero-order chi connectivity index (χ0) is 45.1. The first-order valence-corrected chi connectivity index (χ1v) is 24.3. The van der Waals surface area contributed by atoms with Gasteiger partial charge in [-0.25, -0.2) is 8.78 Å². The van der Waals surface area contributed by atoms with E-state index in [0.717, 1.165) is 145 Å². The van der Waals surface area contributed by atoms with Gasteiger partial charge in [-0.3, -0.25) is 0 Å². The molecule has 0 amide bonds. The maximum absolute atomic E-state index is 14.7. The minimum atomic E-state index is -1.08. The molecule has 4 atom stereocenters. The fourth-order valence-electron chi connectivity index (χ4n) is 10.3. The van der Waals surface area contributed by atoms with Gasteiger partial charge in [-0.05, 0) is 128 Å². The van der Waals surface area contributed by atoms with Gasteiger partial charge in [0.25, 0.3) is 0 Å². The Morgan fingerprint density at radius 3 is 1.52 bits per heavy atom. The van der Waals surface area contributed by atoms with Crippen molar-refractivity contribution in [3.63, 3.8) is 0 Å². The van der Waals surface area contributed by atoms with Gasteiger partial charge in [-0.15, -0.1) is 0 Å². The first-order chi connectivity index (χ1) is 30.9. The van der Waals surface area contributed by atoms with Gasteiger partial charge in [-0.1, -0.05) is 103 Å². The van der Waals surface area contributed by atoms with Crippen molar-refractivity contribution in [2.45, 2.75) is 75.4 Å². The van der Waals surface area contributed by atoms with Gasteiger partial charge in [-0.2, -0.15) is 0 Å². The topological polar surface area (TPSA) is 53.4 Å². The molecule has 4 aromatic rings. The third-order valence-corrected chi connectivity index (χ3v) is 14.8. The van der Waals surface area contributed by atoms with Gasteiger partial charge in [0.15, 0.2) is 0 Å². The number of aliphatic hydroxyl groups is 2. The summed E-state index contributed by atoms with van der Waals surface area (Å²) >= 11 is 12.2. The highest BCUT2D eigenvalue weighted by molar-refractivity contribution is 6.30. The van der Waals surface area contributed by atoms with Gasteiger partial charge >= 0.3 is 0 Å². The fraction of sp³-hybridized carbons (Fsp3) is 0.481. The summed E-state index contributed by atoms with van der Waals surface area (Å²) < 4.78 is 28.7. The normalized spacial score (nSPS) is 26.9. The maximum atomic E-state index is 14.7. The fourth-order valence-corrected chi connectivity index (χ4v) is 10.6. The lowest BCUT2D eigenvalue weighted by atomic mass is 9.74. The zero-order valence-electron chi connectivity index (χ0n) is 37.9. The molecule has 8 rings (SSSR count). The molecule has 4 aromatic carbocycles. The molecule has 64 heavy (non-hydrogen) atoms. The molecule has 0 radical (unpaired) electrons. The first-order valence-electron chi connectivity index (χ1n) is 23.5. The summed E-state index contributed by atoms with van der Waals surface area (Å²) in [6, 6.07) is 29.1. The van der Waals surface area contributed by atoms with E-state index in [1.54, 1.807) is 18.2 Å². The molecule has 344 valence electrons. The second-order valence-corrected chi connectivity index (χ2v) is 19.8. The second-order valence-electron chi connectivity index (χ2n) is 19.0. The van der Waals surface area contributed by atoms with E-state index in [-0.39, 0.29) is 23.5 Å². The first kappa shape index (κ1) is 48.5. The van der Waals surface area contributed by atoms with E-state index in [1.807, 2.05) is 66.7 Å². The summed E-state index contributed by atoms with van der Waals surface area (Å²) in [5.74, 6) is -0.324. The third-order valence-electron chi connectivity index (χ3n) is 14.3. The molecule has 4 fully saturated rings. The lowest BCUT2D eigenvalue weighted by molar-refractivity contribution is -0.00706. The van der Waals surface area contributed by atoms with Crippen LogP contribution in [-0.2, 0) is 12.8 Å². The molecule has 2 heterocycles. The van der Waals surface area contributed by atoms with Crippen LogP contribution >= 0.6 is 23.2 Å². The van der Waals surface area contributed by atoms with Crippen LogP contribution in [-0.4, -0.2) is 121 Å². The summed E-state index contributed by atoms with van der Waals surface area (Å²) in [6.45, 7) is 10.0. The molecule has 4 unspecified atom stereocenters. The quantitative estimate of drug-likeness (QED) is 0.155. The Bertz CT molecular complexity index is 2150. The van der Waals surface area contributed by atoms with Crippen molar-refractivity contribution in [1.29, 1.82) is 0 Å². The average Bonchev–Trinajstić information content (AvgIpc) is 3.52. The number of likely N-dealkylation sites (N-methyl/N-ethyl adjacent to an activating group) is 2. The molecule has 0 aromatic heterocycles. The van der Waals surface area contributed by atoms with Crippen molar-refractivity contribution in [3.05, 3.63) is 152 Å². The van der Waals surface area contributed by atoms with Crippen LogP contribution in [0.25, 0.3) is 12.2 Å². The van der Waals surface area contributed by atoms with Crippen molar-refractivity contribution in [2.75, 3.05) is 79.5 Å². The molecular formula is C54H68Cl2F2N4O2. The van der Waals surface area contributed by atoms with Crippen LogP contribution in [0.1, 0.15) is 73.6 Å². The van der Waals surface area contributed by atoms with Crippen molar-refractivity contribution in [1.82, 2.24) is 19.6 Å². The molecule has 10 heteroatoms. The molecule has 2 saturated carbocycles. The Morgan fingerprint density at radius 1 is 0.578 bits per heavy atom. The SMILES string of the molecule is CN1CCN(CC2CCCCC(=Cc3ccc(Cl)cc3)C2(O)Cc2cccc(F)c2)CC1.CN1CCN(CC2CCCCC(=Cc3ccc(Cl)cc3)C2(O)Cc2ccccc2F)CC1. The van der Waals surface area contributed by atoms with Crippen LogP contribution in [0.5, 0.6) is 0 Å². The van der Waals surface area contributed by atoms with Crippen LogP contribution in [0.2, 0.25) is 10.0 Å². The van der Waals surface area contributed by atoms with E-state index >= 15 is 0 Å². The predicted octanol–water partition coefficient (Wildman–Crippen LogP) is 10.5. The molecule has 6 nitrogen and oxygen atoms in total. The minimum Gasteiger partial charge on any atom is -0.385 e. The van der Waals surface area contributed by atoms with Crippen molar-refractivity contribution in [2.24, 2.45) is 11.8 Å². The third kappa shape index (κ3) is 13.1. The number of nitrogens with zero attached hydrogens (tertiary/aromatic N) is 4. The lowest BCUT2D eigenvalue weighted by Gasteiger charge is -2.42. The number of hydrogen-bond donors (Lipinski definition) is 2. The summed E-state index contributed by atoms with van der Waals surface area (Å²) in [5.41, 5.74) is 3.48. The summed E-state index contributed by atoms with van der Waals surface area (Å²) in [7, 11) is 4.32. The Hall–Kier alpha value is -3.44. The molecule has 2 saturated heterocycles. The average molecular weight is 914 g/mol. The van der Waals surface area contributed by atoms with Crippen molar-refractivity contribution >= 4 is 35.4 Å². The lowest BCUT2D eigenvalue weighted by Crippen LogP contribution is -2.51.